The smallest absolute Gasteiger partial charge is 0.324 e. The van der Waals surface area contributed by atoms with Crippen molar-refractivity contribution in [1.29, 1.82) is 0 Å². The van der Waals surface area contributed by atoms with E-state index in [0.29, 0.717) is 26.2 Å². The maximum absolute atomic E-state index is 12.8. The lowest BCUT2D eigenvalue weighted by Crippen LogP contribution is -2.66. The molecular weight excluding hydrogens is 452 g/mol. The Kier molecular flexibility index (Phi) is 7.74. The molecule has 1 heterocycles. The largest absolute Gasteiger partial charge is 0.403 e. The van der Waals surface area contributed by atoms with Gasteiger partial charge in [-0.15, -0.1) is 0 Å². The van der Waals surface area contributed by atoms with Crippen LogP contribution in [-0.4, -0.2) is 50.6 Å². The van der Waals surface area contributed by atoms with Crippen LogP contribution in [0, 0.1) is 0 Å². The molecule has 1 fully saturated rings. The van der Waals surface area contributed by atoms with Gasteiger partial charge in [0.05, 0.1) is 13.2 Å². The maximum atomic E-state index is 12.8. The Labute approximate surface area is 210 Å². The van der Waals surface area contributed by atoms with E-state index in [1.54, 1.807) is 9.80 Å². The Morgan fingerprint density at radius 3 is 1.94 bits per heavy atom. The van der Waals surface area contributed by atoms with Crippen molar-refractivity contribution in [1.82, 2.24) is 4.90 Å². The highest BCUT2D eigenvalue weighted by Gasteiger charge is 2.50. The summed E-state index contributed by atoms with van der Waals surface area (Å²) in [5.41, 5.74) is 1.96. The van der Waals surface area contributed by atoms with Gasteiger partial charge in [0.2, 0.25) is 0 Å². The van der Waals surface area contributed by atoms with Crippen LogP contribution in [0.2, 0.25) is 5.04 Å². The standard InChI is InChI=1S/C29H36N2O3Si/c1-29(2,3)35(26-11-6-4-7-12-26,27-13-8-5-9-14-27)34-23-24-15-17-25(18-16-24)31-20-10-19-30(21-22-32)28(31)33/h4-9,11-18,32H,10,19-23H2,1-3H3. The molecule has 1 N–H and O–H groups in total. The molecule has 0 aromatic heterocycles. The van der Waals surface area contributed by atoms with Crippen molar-refractivity contribution in [2.75, 3.05) is 31.1 Å². The van der Waals surface area contributed by atoms with E-state index in [0.717, 1.165) is 17.7 Å². The second-order valence-electron chi connectivity index (χ2n) is 10.1. The summed E-state index contributed by atoms with van der Waals surface area (Å²) in [5, 5.41) is 11.7. The second-order valence-corrected chi connectivity index (χ2v) is 14.4. The molecule has 1 aliphatic heterocycles. The van der Waals surface area contributed by atoms with Gasteiger partial charge in [-0.2, -0.15) is 0 Å². The fourth-order valence-corrected chi connectivity index (χ4v) is 9.61. The minimum atomic E-state index is -2.60. The molecule has 3 aromatic rings. The van der Waals surface area contributed by atoms with Gasteiger partial charge in [-0.05, 0) is 39.5 Å². The van der Waals surface area contributed by atoms with Crippen molar-refractivity contribution in [2.45, 2.75) is 38.8 Å². The summed E-state index contributed by atoms with van der Waals surface area (Å²) < 4.78 is 7.03. The first-order valence-electron chi connectivity index (χ1n) is 12.4. The fourth-order valence-electron chi connectivity index (χ4n) is 5.07. The fraction of sp³-hybridized carbons (Fsp3) is 0.345. The number of urea groups is 1. The zero-order valence-electron chi connectivity index (χ0n) is 21.0. The lowest BCUT2D eigenvalue weighted by atomic mass is 10.2. The number of amides is 2. The van der Waals surface area contributed by atoms with Crippen LogP contribution in [0.3, 0.4) is 0 Å². The number of anilines is 1. The Hall–Kier alpha value is -2.93. The topological polar surface area (TPSA) is 53.0 Å². The molecule has 0 saturated carbocycles. The molecule has 6 heteroatoms. The summed E-state index contributed by atoms with van der Waals surface area (Å²) >= 11 is 0. The summed E-state index contributed by atoms with van der Waals surface area (Å²) in [5.74, 6) is 0. The molecule has 0 atom stereocenters. The van der Waals surface area contributed by atoms with Crippen molar-refractivity contribution in [3.8, 4) is 0 Å². The van der Waals surface area contributed by atoms with Crippen LogP contribution in [0.4, 0.5) is 10.5 Å². The zero-order chi connectivity index (χ0) is 24.9. The van der Waals surface area contributed by atoms with Crippen molar-refractivity contribution < 1.29 is 14.3 Å². The minimum Gasteiger partial charge on any atom is -0.403 e. The van der Waals surface area contributed by atoms with Crippen LogP contribution in [0.1, 0.15) is 32.8 Å². The number of hydrogen-bond donors (Lipinski definition) is 1. The van der Waals surface area contributed by atoms with Crippen molar-refractivity contribution >= 4 is 30.4 Å². The molecule has 35 heavy (non-hydrogen) atoms. The molecule has 0 bridgehead atoms. The van der Waals surface area contributed by atoms with Gasteiger partial charge < -0.3 is 14.4 Å². The van der Waals surface area contributed by atoms with Gasteiger partial charge in [-0.3, -0.25) is 4.90 Å². The average molecular weight is 489 g/mol. The van der Waals surface area contributed by atoms with Crippen LogP contribution >= 0.6 is 0 Å². The maximum Gasteiger partial charge on any atom is 0.324 e. The Morgan fingerprint density at radius 1 is 0.857 bits per heavy atom. The van der Waals surface area contributed by atoms with Gasteiger partial charge >= 0.3 is 6.03 Å². The minimum absolute atomic E-state index is 0.0158. The number of aliphatic hydroxyl groups excluding tert-OH is 1. The molecular formula is C29H36N2O3Si. The number of nitrogens with zero attached hydrogens (tertiary/aromatic N) is 2. The Bertz CT molecular complexity index is 1060. The molecule has 4 rings (SSSR count). The van der Waals surface area contributed by atoms with Crippen LogP contribution in [-0.2, 0) is 11.0 Å². The third-order valence-corrected chi connectivity index (χ3v) is 11.8. The molecule has 1 saturated heterocycles. The van der Waals surface area contributed by atoms with E-state index in [-0.39, 0.29) is 17.7 Å². The molecule has 184 valence electrons. The summed E-state index contributed by atoms with van der Waals surface area (Å²) in [4.78, 5) is 16.3. The number of carbonyl (C=O) groups excluding carboxylic acids is 1. The summed E-state index contributed by atoms with van der Waals surface area (Å²) in [6, 6.07) is 29.4. The highest BCUT2D eigenvalue weighted by molar-refractivity contribution is 6.99. The van der Waals surface area contributed by atoms with Gasteiger partial charge in [0.1, 0.15) is 0 Å². The zero-order valence-corrected chi connectivity index (χ0v) is 22.0. The van der Waals surface area contributed by atoms with Crippen molar-refractivity contribution in [2.24, 2.45) is 0 Å². The Balaban J connectivity index is 1.60. The molecule has 5 nitrogen and oxygen atoms in total. The third-order valence-electron chi connectivity index (χ3n) is 6.80. The Morgan fingerprint density at radius 2 is 1.43 bits per heavy atom. The number of aliphatic hydroxyl groups is 1. The van der Waals surface area contributed by atoms with Crippen molar-refractivity contribution in [3.63, 3.8) is 0 Å². The van der Waals surface area contributed by atoms with E-state index < -0.39 is 8.32 Å². The number of rotatable bonds is 8. The van der Waals surface area contributed by atoms with E-state index in [4.69, 9.17) is 4.43 Å². The third kappa shape index (κ3) is 5.20. The monoisotopic (exact) mass is 488 g/mol. The normalized spacial score (nSPS) is 14.9. The predicted molar refractivity (Wildman–Crippen MR) is 145 cm³/mol. The van der Waals surface area contributed by atoms with Gasteiger partial charge in [0, 0.05) is 25.3 Å². The molecule has 0 aliphatic carbocycles. The molecule has 0 unspecified atom stereocenters. The van der Waals surface area contributed by atoms with Crippen molar-refractivity contribution in [3.05, 3.63) is 90.5 Å². The molecule has 3 aromatic carbocycles. The van der Waals surface area contributed by atoms with E-state index >= 15 is 0 Å². The van der Waals surface area contributed by atoms with E-state index in [2.05, 4.69) is 93.6 Å². The van der Waals surface area contributed by atoms with E-state index in [9.17, 15) is 9.90 Å². The number of benzene rings is 3. The summed E-state index contributed by atoms with van der Waals surface area (Å²) in [7, 11) is -2.60. The average Bonchev–Trinajstić information content (AvgIpc) is 2.87. The van der Waals surface area contributed by atoms with Crippen LogP contribution in [0.5, 0.6) is 0 Å². The lowest BCUT2D eigenvalue weighted by Gasteiger charge is -2.43. The first kappa shape index (κ1) is 25.2. The number of hydrogen-bond acceptors (Lipinski definition) is 3. The number of β-amino-alcohol motifs (C(OH)–C–C–N with tert-alkyl or cyclic N) is 1. The van der Waals surface area contributed by atoms with Gasteiger partial charge in [-0.1, -0.05) is 93.6 Å². The SMILES string of the molecule is CC(C)(C)[Si](OCc1ccc(N2CCCN(CCO)C2=O)cc1)(c1ccccc1)c1ccccc1. The first-order chi connectivity index (χ1) is 16.9. The van der Waals surface area contributed by atoms with Gasteiger partial charge in [0.25, 0.3) is 8.32 Å². The predicted octanol–water partition coefficient (Wildman–Crippen LogP) is 4.39. The summed E-state index contributed by atoms with van der Waals surface area (Å²) in [6.45, 7) is 9.09. The highest BCUT2D eigenvalue weighted by atomic mass is 28.4. The molecule has 1 aliphatic rings. The van der Waals surface area contributed by atoms with Gasteiger partial charge in [-0.25, -0.2) is 4.79 Å². The molecule has 0 spiro atoms. The van der Waals surface area contributed by atoms with Crippen LogP contribution < -0.4 is 15.3 Å². The van der Waals surface area contributed by atoms with E-state index in [1.165, 1.54) is 10.4 Å². The molecule has 2 amide bonds. The van der Waals surface area contributed by atoms with E-state index in [1.807, 2.05) is 12.1 Å². The molecule has 0 radical (unpaired) electrons. The lowest BCUT2D eigenvalue weighted by molar-refractivity contribution is 0.174. The first-order valence-corrected chi connectivity index (χ1v) is 14.3. The highest BCUT2D eigenvalue weighted by Crippen LogP contribution is 2.37. The van der Waals surface area contributed by atoms with Crippen LogP contribution in [0.15, 0.2) is 84.9 Å². The summed E-state index contributed by atoms with van der Waals surface area (Å²) in [6.07, 6.45) is 0.893. The van der Waals surface area contributed by atoms with Gasteiger partial charge in [0.15, 0.2) is 0 Å². The van der Waals surface area contributed by atoms with Crippen LogP contribution in [0.25, 0.3) is 0 Å². The number of carbonyl (C=O) groups is 1. The second kappa shape index (κ2) is 10.8. The quantitative estimate of drug-likeness (QED) is 0.479.